The third kappa shape index (κ3) is 2.31. The number of aromatic nitrogens is 2. The molecule has 2 aromatic rings. The van der Waals surface area contributed by atoms with Crippen LogP contribution in [0.5, 0.6) is 0 Å². The van der Waals surface area contributed by atoms with Crippen LogP contribution in [-0.2, 0) is 13.0 Å². The molecule has 0 fully saturated rings. The summed E-state index contributed by atoms with van der Waals surface area (Å²) >= 11 is 0. The van der Waals surface area contributed by atoms with Gasteiger partial charge in [-0.3, -0.25) is 4.68 Å². The zero-order valence-corrected chi connectivity index (χ0v) is 10.3. The fourth-order valence-corrected chi connectivity index (χ4v) is 1.99. The molecular weight excluding hydrogens is 217 g/mol. The summed E-state index contributed by atoms with van der Waals surface area (Å²) in [6, 6.07) is 7.91. The highest BCUT2D eigenvalue weighted by Gasteiger charge is 2.24. The molecule has 0 aliphatic carbocycles. The second-order valence-electron chi connectivity index (χ2n) is 4.57. The van der Waals surface area contributed by atoms with Gasteiger partial charge in [0, 0.05) is 24.9 Å². The van der Waals surface area contributed by atoms with E-state index in [9.17, 15) is 4.39 Å². The Balaban J connectivity index is 2.47. The average Bonchev–Trinajstić information content (AvgIpc) is 2.67. The summed E-state index contributed by atoms with van der Waals surface area (Å²) in [6.45, 7) is 4.35. The largest absolute Gasteiger partial charge is 0.328 e. The summed E-state index contributed by atoms with van der Waals surface area (Å²) < 4.78 is 15.9. The summed E-state index contributed by atoms with van der Waals surface area (Å²) in [4.78, 5) is 0. The Hall–Kier alpha value is -1.42. The molecular formula is C13H18FN3. The fourth-order valence-electron chi connectivity index (χ4n) is 1.99. The van der Waals surface area contributed by atoms with Crippen LogP contribution < -0.4 is 5.73 Å². The van der Waals surface area contributed by atoms with Gasteiger partial charge >= 0.3 is 0 Å². The van der Waals surface area contributed by atoms with Crippen molar-refractivity contribution < 1.29 is 4.39 Å². The van der Waals surface area contributed by atoms with Crippen molar-refractivity contribution in [3.05, 3.63) is 30.0 Å². The van der Waals surface area contributed by atoms with Crippen LogP contribution >= 0.6 is 0 Å². The van der Waals surface area contributed by atoms with Gasteiger partial charge in [0.2, 0.25) is 0 Å². The lowest BCUT2D eigenvalue weighted by molar-refractivity contribution is 0.198. The minimum Gasteiger partial charge on any atom is -0.328 e. The Bertz CT molecular complexity index is 516. The first-order chi connectivity index (χ1) is 8.07. The minimum absolute atomic E-state index is 0.0142. The first kappa shape index (κ1) is 12.0. The predicted molar refractivity (Wildman–Crippen MR) is 67.7 cm³/mol. The van der Waals surface area contributed by atoms with Gasteiger partial charge in [-0.15, -0.1) is 0 Å². The van der Waals surface area contributed by atoms with Crippen LogP contribution in [0.25, 0.3) is 10.9 Å². The van der Waals surface area contributed by atoms with Crippen LogP contribution in [0.2, 0.25) is 0 Å². The topological polar surface area (TPSA) is 43.8 Å². The van der Waals surface area contributed by atoms with Crippen molar-refractivity contribution in [3.63, 3.8) is 0 Å². The summed E-state index contributed by atoms with van der Waals surface area (Å²) in [5.41, 5.74) is 5.88. The Morgan fingerprint density at radius 1 is 1.41 bits per heavy atom. The number of para-hydroxylation sites is 1. The maximum Gasteiger partial charge on any atom is 0.126 e. The van der Waals surface area contributed by atoms with Gasteiger partial charge < -0.3 is 5.73 Å². The van der Waals surface area contributed by atoms with Gasteiger partial charge in [0.1, 0.15) is 5.67 Å². The maximum atomic E-state index is 14.0. The molecule has 1 unspecified atom stereocenters. The molecule has 2 rings (SSSR count). The van der Waals surface area contributed by atoms with Gasteiger partial charge in [-0.25, -0.2) is 4.39 Å². The first-order valence-corrected chi connectivity index (χ1v) is 5.91. The van der Waals surface area contributed by atoms with Crippen molar-refractivity contribution in [1.29, 1.82) is 0 Å². The van der Waals surface area contributed by atoms with Gasteiger partial charge in [0.05, 0.1) is 11.2 Å². The lowest BCUT2D eigenvalue weighted by Gasteiger charge is -2.16. The normalized spacial score (nSPS) is 15.1. The van der Waals surface area contributed by atoms with E-state index >= 15 is 0 Å². The van der Waals surface area contributed by atoms with E-state index in [0.717, 1.165) is 23.1 Å². The highest BCUT2D eigenvalue weighted by Crippen LogP contribution is 2.23. The number of hydrogen-bond acceptors (Lipinski definition) is 2. The molecule has 1 heterocycles. The smallest absolute Gasteiger partial charge is 0.126 e. The highest BCUT2D eigenvalue weighted by molar-refractivity contribution is 5.82. The lowest BCUT2D eigenvalue weighted by atomic mass is 10.0. The van der Waals surface area contributed by atoms with E-state index in [1.54, 1.807) is 0 Å². The molecule has 0 aliphatic rings. The molecule has 0 radical (unpaired) electrons. The van der Waals surface area contributed by atoms with Crippen LogP contribution in [0, 0.1) is 0 Å². The second-order valence-corrected chi connectivity index (χ2v) is 4.57. The molecule has 0 saturated heterocycles. The van der Waals surface area contributed by atoms with Gasteiger partial charge in [-0.2, -0.15) is 5.10 Å². The van der Waals surface area contributed by atoms with Crippen molar-refractivity contribution in [2.75, 3.05) is 6.54 Å². The molecule has 17 heavy (non-hydrogen) atoms. The minimum atomic E-state index is -1.39. The molecule has 92 valence electrons. The molecule has 4 heteroatoms. The number of fused-ring (bicyclic) bond motifs is 1. The average molecular weight is 235 g/mol. The van der Waals surface area contributed by atoms with E-state index in [1.807, 2.05) is 35.9 Å². The van der Waals surface area contributed by atoms with Crippen molar-refractivity contribution >= 4 is 10.9 Å². The number of rotatable bonds is 4. The quantitative estimate of drug-likeness (QED) is 0.883. The first-order valence-electron chi connectivity index (χ1n) is 5.91. The number of aryl methyl sites for hydroxylation is 1. The molecule has 1 aromatic heterocycles. The number of benzene rings is 1. The van der Waals surface area contributed by atoms with E-state index < -0.39 is 5.67 Å². The number of nitrogens with two attached hydrogens (primary N) is 1. The van der Waals surface area contributed by atoms with Crippen LogP contribution in [0.4, 0.5) is 4.39 Å². The molecule has 0 saturated carbocycles. The third-order valence-electron chi connectivity index (χ3n) is 3.00. The lowest BCUT2D eigenvalue weighted by Crippen LogP contribution is -2.31. The standard InChI is InChI=1S/C13H18FN3/c1-3-17-12-7-5-4-6-10(12)11(16-17)8-13(2,14)9-15/h4-7H,3,8-9,15H2,1-2H3. The Labute approximate surface area is 100 Å². The van der Waals surface area contributed by atoms with Gasteiger partial charge in [-0.1, -0.05) is 18.2 Å². The molecule has 0 amide bonds. The number of halogens is 1. The van der Waals surface area contributed by atoms with Crippen LogP contribution in [0.3, 0.4) is 0 Å². The van der Waals surface area contributed by atoms with E-state index in [0.29, 0.717) is 0 Å². The molecule has 3 nitrogen and oxygen atoms in total. The van der Waals surface area contributed by atoms with Gasteiger partial charge in [0.15, 0.2) is 0 Å². The Kier molecular flexibility index (Phi) is 3.15. The predicted octanol–water partition coefficient (Wildman–Crippen LogP) is 2.29. The number of hydrogen-bond donors (Lipinski definition) is 1. The van der Waals surface area contributed by atoms with Crippen LogP contribution in [0.15, 0.2) is 24.3 Å². The Morgan fingerprint density at radius 2 is 2.12 bits per heavy atom. The van der Waals surface area contributed by atoms with E-state index in [4.69, 9.17) is 5.73 Å². The van der Waals surface area contributed by atoms with Crippen LogP contribution in [-0.4, -0.2) is 22.0 Å². The van der Waals surface area contributed by atoms with Crippen molar-refractivity contribution in [1.82, 2.24) is 9.78 Å². The van der Waals surface area contributed by atoms with Crippen molar-refractivity contribution in [3.8, 4) is 0 Å². The number of nitrogens with zero attached hydrogens (tertiary/aromatic N) is 2. The molecule has 0 bridgehead atoms. The molecule has 2 N–H and O–H groups in total. The van der Waals surface area contributed by atoms with Crippen molar-refractivity contribution in [2.24, 2.45) is 5.73 Å². The zero-order chi connectivity index (χ0) is 12.5. The molecule has 0 spiro atoms. The monoisotopic (exact) mass is 235 g/mol. The van der Waals surface area contributed by atoms with E-state index in [1.165, 1.54) is 6.92 Å². The van der Waals surface area contributed by atoms with E-state index in [-0.39, 0.29) is 13.0 Å². The summed E-state index contributed by atoms with van der Waals surface area (Å²) in [5.74, 6) is 0. The summed E-state index contributed by atoms with van der Waals surface area (Å²) in [7, 11) is 0. The molecule has 1 aromatic carbocycles. The molecule has 1 atom stereocenters. The van der Waals surface area contributed by atoms with Gasteiger partial charge in [-0.05, 0) is 19.9 Å². The Morgan fingerprint density at radius 3 is 2.76 bits per heavy atom. The number of alkyl halides is 1. The van der Waals surface area contributed by atoms with Gasteiger partial charge in [0.25, 0.3) is 0 Å². The fraction of sp³-hybridized carbons (Fsp3) is 0.462. The zero-order valence-electron chi connectivity index (χ0n) is 10.3. The highest BCUT2D eigenvalue weighted by atomic mass is 19.1. The molecule has 0 aliphatic heterocycles. The van der Waals surface area contributed by atoms with Crippen molar-refractivity contribution in [2.45, 2.75) is 32.5 Å². The maximum absolute atomic E-state index is 14.0. The SMILES string of the molecule is CCn1nc(CC(C)(F)CN)c2ccccc21. The van der Waals surface area contributed by atoms with E-state index in [2.05, 4.69) is 5.10 Å². The van der Waals surface area contributed by atoms with Crippen LogP contribution in [0.1, 0.15) is 19.5 Å². The summed E-state index contributed by atoms with van der Waals surface area (Å²) in [5, 5.41) is 5.48. The summed E-state index contributed by atoms with van der Waals surface area (Å²) in [6.07, 6.45) is 0.261. The second kappa shape index (κ2) is 4.45. The third-order valence-corrected chi connectivity index (χ3v) is 3.00.